The number of nitrogens with one attached hydrogen (secondary N) is 1. The highest BCUT2D eigenvalue weighted by Gasteiger charge is 2.10. The molecule has 0 fully saturated rings. The Morgan fingerprint density at radius 1 is 1.26 bits per heavy atom. The summed E-state index contributed by atoms with van der Waals surface area (Å²) >= 11 is 1.40. The maximum absolute atomic E-state index is 11.6. The summed E-state index contributed by atoms with van der Waals surface area (Å²) in [5.74, 6) is 0.810. The first kappa shape index (κ1) is 20.4. The molecule has 4 rings (SSSR count). The number of benzene rings is 2. The van der Waals surface area contributed by atoms with Crippen molar-refractivity contribution >= 4 is 33.6 Å². The molecule has 4 aromatic rings. The van der Waals surface area contributed by atoms with Gasteiger partial charge < -0.3 is 14.5 Å². The van der Waals surface area contributed by atoms with Crippen molar-refractivity contribution in [1.29, 1.82) is 5.26 Å². The Labute approximate surface area is 183 Å². The molecule has 0 spiro atoms. The smallest absolute Gasteiger partial charge is 0.336 e. The number of ether oxygens (including phenoxy) is 1. The molecule has 0 aliphatic heterocycles. The summed E-state index contributed by atoms with van der Waals surface area (Å²) < 4.78 is 10.7. The van der Waals surface area contributed by atoms with Gasteiger partial charge in [-0.3, -0.25) is 0 Å². The second-order valence-electron chi connectivity index (χ2n) is 6.77. The Hall–Kier alpha value is -3.89. The van der Waals surface area contributed by atoms with Crippen LogP contribution in [0.25, 0.3) is 27.8 Å². The van der Waals surface area contributed by atoms with Crippen LogP contribution in [-0.2, 0) is 0 Å². The number of nitrogens with zero attached hydrogens (tertiary/aromatic N) is 2. The van der Waals surface area contributed by atoms with Crippen LogP contribution in [0, 0.1) is 18.3 Å². The van der Waals surface area contributed by atoms with Crippen LogP contribution < -0.4 is 15.7 Å². The normalized spacial score (nSPS) is 11.3. The van der Waals surface area contributed by atoms with Crippen molar-refractivity contribution < 1.29 is 9.15 Å². The van der Waals surface area contributed by atoms with Crippen LogP contribution in [-0.4, -0.2) is 11.6 Å². The number of hydrogen-bond donors (Lipinski definition) is 1. The largest absolute Gasteiger partial charge is 0.494 e. The second-order valence-corrected chi connectivity index (χ2v) is 7.63. The SMILES string of the molecule is CCOc1ccc(-c2csc(/C(C#N)=C/Nc3ccc4c(C)cc(=O)oc4c3)n2)cc1. The van der Waals surface area contributed by atoms with Gasteiger partial charge in [0.2, 0.25) is 0 Å². The van der Waals surface area contributed by atoms with Crippen molar-refractivity contribution in [3.05, 3.63) is 81.1 Å². The average molecular weight is 430 g/mol. The van der Waals surface area contributed by atoms with Gasteiger partial charge in [-0.25, -0.2) is 9.78 Å². The van der Waals surface area contributed by atoms with Crippen molar-refractivity contribution in [2.75, 3.05) is 11.9 Å². The summed E-state index contributed by atoms with van der Waals surface area (Å²) in [7, 11) is 0. The highest BCUT2D eigenvalue weighted by atomic mass is 32.1. The molecule has 31 heavy (non-hydrogen) atoms. The fraction of sp³-hybridized carbons (Fsp3) is 0.125. The maximum atomic E-state index is 11.6. The molecule has 0 bridgehead atoms. The van der Waals surface area contributed by atoms with E-state index in [0.29, 0.717) is 28.5 Å². The van der Waals surface area contributed by atoms with Crippen molar-refractivity contribution in [3.63, 3.8) is 0 Å². The number of fused-ring (bicyclic) bond motifs is 1. The number of allylic oxidation sites excluding steroid dienone is 1. The lowest BCUT2D eigenvalue weighted by molar-refractivity contribution is 0.340. The standard InChI is InChI=1S/C24H19N3O3S/c1-3-29-19-7-4-16(5-8-19)21-14-31-24(27-21)17(12-25)13-26-18-6-9-20-15(2)10-23(28)30-22(20)11-18/h4-11,13-14,26H,3H2,1-2H3/b17-13+. The first-order valence-corrected chi connectivity index (χ1v) is 10.6. The lowest BCUT2D eigenvalue weighted by atomic mass is 10.1. The van der Waals surface area contributed by atoms with E-state index in [0.717, 1.165) is 28.0 Å². The van der Waals surface area contributed by atoms with Gasteiger partial charge in [-0.2, -0.15) is 5.26 Å². The predicted molar refractivity (Wildman–Crippen MR) is 123 cm³/mol. The first-order valence-electron chi connectivity index (χ1n) is 9.68. The Morgan fingerprint density at radius 2 is 2.06 bits per heavy atom. The molecule has 0 atom stereocenters. The monoisotopic (exact) mass is 429 g/mol. The summed E-state index contributed by atoms with van der Waals surface area (Å²) in [6.07, 6.45) is 1.61. The number of rotatable bonds is 6. The Morgan fingerprint density at radius 3 is 2.81 bits per heavy atom. The van der Waals surface area contributed by atoms with Crippen LogP contribution >= 0.6 is 11.3 Å². The van der Waals surface area contributed by atoms with Gasteiger partial charge in [0.25, 0.3) is 0 Å². The van der Waals surface area contributed by atoms with Crippen molar-refractivity contribution in [1.82, 2.24) is 4.98 Å². The fourth-order valence-electron chi connectivity index (χ4n) is 3.13. The second kappa shape index (κ2) is 8.86. The van der Waals surface area contributed by atoms with Gasteiger partial charge >= 0.3 is 5.63 Å². The summed E-state index contributed by atoms with van der Waals surface area (Å²) in [5.41, 5.74) is 3.83. The van der Waals surface area contributed by atoms with Gasteiger partial charge in [0.15, 0.2) is 0 Å². The molecule has 154 valence electrons. The number of thiazole rings is 1. The topological polar surface area (TPSA) is 88.1 Å². The molecule has 0 saturated carbocycles. The average Bonchev–Trinajstić information content (AvgIpc) is 3.24. The summed E-state index contributed by atoms with van der Waals surface area (Å²) in [5, 5.41) is 16.1. The zero-order valence-corrected chi connectivity index (χ0v) is 17.8. The molecule has 0 aliphatic rings. The quantitative estimate of drug-likeness (QED) is 0.317. The van der Waals surface area contributed by atoms with E-state index < -0.39 is 0 Å². The number of hydrogen-bond acceptors (Lipinski definition) is 7. The van der Waals surface area contributed by atoms with Gasteiger partial charge in [-0.1, -0.05) is 0 Å². The molecular weight excluding hydrogens is 410 g/mol. The zero-order chi connectivity index (χ0) is 21.8. The number of nitriles is 1. The zero-order valence-electron chi connectivity index (χ0n) is 17.0. The van der Waals surface area contributed by atoms with Crippen LogP contribution in [0.3, 0.4) is 0 Å². The lowest BCUT2D eigenvalue weighted by Gasteiger charge is -2.05. The van der Waals surface area contributed by atoms with Crippen molar-refractivity contribution in [2.45, 2.75) is 13.8 Å². The molecule has 0 saturated heterocycles. The highest BCUT2D eigenvalue weighted by molar-refractivity contribution is 7.11. The molecule has 2 heterocycles. The van der Waals surface area contributed by atoms with Crippen LogP contribution in [0.2, 0.25) is 0 Å². The summed E-state index contributed by atoms with van der Waals surface area (Å²) in [4.78, 5) is 16.2. The third-order valence-corrected chi connectivity index (χ3v) is 5.53. The minimum absolute atomic E-state index is 0.389. The van der Waals surface area contributed by atoms with Gasteiger partial charge in [-0.15, -0.1) is 11.3 Å². The maximum Gasteiger partial charge on any atom is 0.336 e. The Kier molecular flexibility index (Phi) is 5.83. The predicted octanol–water partition coefficient (Wildman–Crippen LogP) is 5.60. The van der Waals surface area contributed by atoms with Crippen molar-refractivity contribution in [3.8, 4) is 23.1 Å². The summed E-state index contributed by atoms with van der Waals surface area (Å²) in [6, 6.07) is 16.8. The molecule has 2 aromatic heterocycles. The first-order chi connectivity index (χ1) is 15.1. The van der Waals surface area contributed by atoms with E-state index in [-0.39, 0.29) is 5.63 Å². The van der Waals surface area contributed by atoms with Crippen LogP contribution in [0.15, 0.2) is 69.3 Å². The van der Waals surface area contributed by atoms with Gasteiger partial charge in [-0.05, 0) is 55.8 Å². The molecule has 0 aliphatic carbocycles. The fourth-order valence-corrected chi connectivity index (χ4v) is 3.93. The number of aromatic nitrogens is 1. The van der Waals surface area contributed by atoms with E-state index in [1.54, 1.807) is 12.3 Å². The molecule has 0 amide bonds. The van der Waals surface area contributed by atoms with E-state index in [1.807, 2.05) is 55.6 Å². The lowest BCUT2D eigenvalue weighted by Crippen LogP contribution is -1.98. The van der Waals surface area contributed by atoms with E-state index in [9.17, 15) is 10.1 Å². The van der Waals surface area contributed by atoms with Gasteiger partial charge in [0.05, 0.1) is 12.3 Å². The molecule has 2 aromatic carbocycles. The molecule has 1 N–H and O–H groups in total. The van der Waals surface area contributed by atoms with E-state index in [1.165, 1.54) is 17.4 Å². The molecule has 0 unspecified atom stereocenters. The van der Waals surface area contributed by atoms with Crippen LogP contribution in [0.1, 0.15) is 17.5 Å². The van der Waals surface area contributed by atoms with E-state index in [2.05, 4.69) is 16.4 Å². The molecule has 7 heteroatoms. The van der Waals surface area contributed by atoms with Crippen LogP contribution in [0.5, 0.6) is 5.75 Å². The summed E-state index contributed by atoms with van der Waals surface area (Å²) in [6.45, 7) is 4.43. The Balaban J connectivity index is 1.56. The minimum atomic E-state index is -0.389. The number of anilines is 1. The molecule has 0 radical (unpaired) electrons. The highest BCUT2D eigenvalue weighted by Crippen LogP contribution is 2.28. The van der Waals surface area contributed by atoms with Gasteiger partial charge in [0.1, 0.15) is 28.0 Å². The van der Waals surface area contributed by atoms with Crippen LogP contribution in [0.4, 0.5) is 5.69 Å². The van der Waals surface area contributed by atoms with E-state index >= 15 is 0 Å². The third-order valence-electron chi connectivity index (χ3n) is 4.65. The molecular formula is C24H19N3O3S. The van der Waals surface area contributed by atoms with Gasteiger partial charge in [0, 0.05) is 40.3 Å². The third kappa shape index (κ3) is 4.49. The van der Waals surface area contributed by atoms with Crippen molar-refractivity contribution in [2.24, 2.45) is 0 Å². The molecule has 6 nitrogen and oxygen atoms in total. The number of aryl methyl sites for hydroxylation is 1. The Bertz CT molecular complexity index is 1360. The minimum Gasteiger partial charge on any atom is -0.494 e. The van der Waals surface area contributed by atoms with E-state index in [4.69, 9.17) is 9.15 Å².